The van der Waals surface area contributed by atoms with Crippen LogP contribution in [0.25, 0.3) is 0 Å². The maximum absolute atomic E-state index is 5.33. The van der Waals surface area contributed by atoms with Gasteiger partial charge in [-0.2, -0.15) is 0 Å². The van der Waals surface area contributed by atoms with Gasteiger partial charge in [0.1, 0.15) is 0 Å². The van der Waals surface area contributed by atoms with Crippen molar-refractivity contribution in [1.82, 2.24) is 10.2 Å². The molecule has 0 aromatic heterocycles. The van der Waals surface area contributed by atoms with E-state index in [4.69, 9.17) is 4.74 Å². The van der Waals surface area contributed by atoms with Crippen LogP contribution in [0.4, 0.5) is 0 Å². The van der Waals surface area contributed by atoms with Gasteiger partial charge < -0.3 is 10.1 Å². The molecule has 3 nitrogen and oxygen atoms in total. The molecule has 0 spiro atoms. The van der Waals surface area contributed by atoms with Crippen molar-refractivity contribution in [2.45, 2.75) is 72.4 Å². The first kappa shape index (κ1) is 18.9. The van der Waals surface area contributed by atoms with Gasteiger partial charge in [0.05, 0.1) is 6.61 Å². The molecule has 1 saturated carbocycles. The summed E-state index contributed by atoms with van der Waals surface area (Å²) in [5.41, 5.74) is 0.514. The molecular weight excluding hydrogens is 260 g/mol. The number of nitrogens with one attached hydrogen (secondary N) is 1. The van der Waals surface area contributed by atoms with Crippen molar-refractivity contribution >= 4 is 0 Å². The van der Waals surface area contributed by atoms with Crippen molar-refractivity contribution in [3.8, 4) is 0 Å². The standard InChI is InChI=1S/C18H38N2O/c1-8-18(6,13-19-17(3,4)5)14-20(11-12-21-7)15(2)16-9-10-16/h15-16,19H,8-14H2,1-7H3. The van der Waals surface area contributed by atoms with Crippen LogP contribution in [0.3, 0.4) is 0 Å². The van der Waals surface area contributed by atoms with E-state index in [1.165, 1.54) is 19.3 Å². The second-order valence-corrected chi connectivity index (χ2v) is 8.31. The molecule has 3 heteroatoms. The average Bonchev–Trinajstić information content (AvgIpc) is 3.24. The highest BCUT2D eigenvalue weighted by atomic mass is 16.5. The first-order chi connectivity index (χ1) is 9.71. The van der Waals surface area contributed by atoms with Crippen LogP contribution in [0, 0.1) is 11.3 Å². The minimum absolute atomic E-state index is 0.190. The SMILES string of the molecule is CCC(C)(CNC(C)(C)C)CN(CCOC)C(C)C1CC1. The second kappa shape index (κ2) is 7.94. The Balaban J connectivity index is 2.62. The zero-order valence-corrected chi connectivity index (χ0v) is 15.5. The number of ether oxygens (including phenoxy) is 1. The van der Waals surface area contributed by atoms with Crippen LogP contribution >= 0.6 is 0 Å². The second-order valence-electron chi connectivity index (χ2n) is 8.31. The fourth-order valence-corrected chi connectivity index (χ4v) is 2.77. The molecule has 1 aliphatic carbocycles. The van der Waals surface area contributed by atoms with Crippen LogP contribution in [0.1, 0.15) is 60.8 Å². The minimum Gasteiger partial charge on any atom is -0.383 e. The Hall–Kier alpha value is -0.120. The summed E-state index contributed by atoms with van der Waals surface area (Å²) in [6.07, 6.45) is 4.03. The summed E-state index contributed by atoms with van der Waals surface area (Å²) in [7, 11) is 1.81. The van der Waals surface area contributed by atoms with Gasteiger partial charge in [-0.05, 0) is 58.3 Å². The van der Waals surface area contributed by atoms with Crippen LogP contribution in [0.5, 0.6) is 0 Å². The van der Waals surface area contributed by atoms with E-state index in [9.17, 15) is 0 Å². The number of methoxy groups -OCH3 is 1. The molecule has 0 aromatic rings. The van der Waals surface area contributed by atoms with Crippen molar-refractivity contribution in [1.29, 1.82) is 0 Å². The van der Waals surface area contributed by atoms with E-state index < -0.39 is 0 Å². The smallest absolute Gasteiger partial charge is 0.0589 e. The van der Waals surface area contributed by atoms with Gasteiger partial charge in [0.15, 0.2) is 0 Å². The zero-order valence-electron chi connectivity index (χ0n) is 15.5. The number of nitrogens with zero attached hydrogens (tertiary/aromatic N) is 1. The Morgan fingerprint density at radius 3 is 2.29 bits per heavy atom. The monoisotopic (exact) mass is 298 g/mol. The predicted octanol–water partition coefficient (Wildman–Crippen LogP) is 3.54. The fraction of sp³-hybridized carbons (Fsp3) is 1.00. The Bertz CT molecular complexity index is 296. The van der Waals surface area contributed by atoms with Gasteiger partial charge in [0.2, 0.25) is 0 Å². The zero-order chi connectivity index (χ0) is 16.1. The molecular formula is C18H38N2O. The van der Waals surface area contributed by atoms with Crippen molar-refractivity contribution in [2.24, 2.45) is 11.3 Å². The Kier molecular flexibility index (Phi) is 7.15. The Morgan fingerprint density at radius 2 is 1.86 bits per heavy atom. The molecule has 1 aliphatic rings. The molecule has 1 fully saturated rings. The van der Waals surface area contributed by atoms with Gasteiger partial charge in [-0.15, -0.1) is 0 Å². The van der Waals surface area contributed by atoms with E-state index in [0.29, 0.717) is 11.5 Å². The molecule has 21 heavy (non-hydrogen) atoms. The quantitative estimate of drug-likeness (QED) is 0.667. The minimum atomic E-state index is 0.190. The lowest BCUT2D eigenvalue weighted by Crippen LogP contribution is -2.50. The van der Waals surface area contributed by atoms with Crippen LogP contribution in [-0.2, 0) is 4.74 Å². The highest BCUT2D eigenvalue weighted by Gasteiger charge is 2.35. The van der Waals surface area contributed by atoms with Crippen molar-refractivity contribution in [2.75, 3.05) is 33.4 Å². The Morgan fingerprint density at radius 1 is 1.24 bits per heavy atom. The molecule has 0 saturated heterocycles. The molecule has 1 rings (SSSR count). The van der Waals surface area contributed by atoms with Crippen LogP contribution in [0.15, 0.2) is 0 Å². The summed E-state index contributed by atoms with van der Waals surface area (Å²) < 4.78 is 5.33. The van der Waals surface area contributed by atoms with Crippen LogP contribution in [0.2, 0.25) is 0 Å². The molecule has 0 radical (unpaired) electrons. The summed E-state index contributed by atoms with van der Waals surface area (Å²) in [4.78, 5) is 2.66. The van der Waals surface area contributed by atoms with E-state index in [1.807, 2.05) is 0 Å². The molecule has 1 N–H and O–H groups in total. The molecule has 2 atom stereocenters. The number of hydrogen-bond acceptors (Lipinski definition) is 3. The van der Waals surface area contributed by atoms with Crippen LogP contribution in [-0.4, -0.2) is 49.8 Å². The highest BCUT2D eigenvalue weighted by molar-refractivity contribution is 4.89. The van der Waals surface area contributed by atoms with Crippen molar-refractivity contribution in [3.63, 3.8) is 0 Å². The molecule has 0 aromatic carbocycles. The van der Waals surface area contributed by atoms with E-state index in [1.54, 1.807) is 7.11 Å². The Labute approximate surface area is 132 Å². The maximum atomic E-state index is 5.33. The molecule has 0 heterocycles. The van der Waals surface area contributed by atoms with Crippen LogP contribution < -0.4 is 5.32 Å². The third-order valence-corrected chi connectivity index (χ3v) is 4.95. The van der Waals surface area contributed by atoms with E-state index in [2.05, 4.69) is 51.8 Å². The molecule has 0 bridgehead atoms. The fourth-order valence-electron chi connectivity index (χ4n) is 2.77. The predicted molar refractivity (Wildman–Crippen MR) is 91.8 cm³/mol. The van der Waals surface area contributed by atoms with Crippen molar-refractivity contribution in [3.05, 3.63) is 0 Å². The number of rotatable bonds is 10. The lowest BCUT2D eigenvalue weighted by molar-refractivity contribution is 0.0727. The third kappa shape index (κ3) is 7.12. The number of hydrogen-bond donors (Lipinski definition) is 1. The van der Waals surface area contributed by atoms with E-state index >= 15 is 0 Å². The first-order valence-electron chi connectivity index (χ1n) is 8.69. The van der Waals surface area contributed by atoms with Gasteiger partial charge in [-0.1, -0.05) is 13.8 Å². The van der Waals surface area contributed by atoms with Gasteiger partial charge in [-0.25, -0.2) is 0 Å². The molecule has 2 unspecified atom stereocenters. The van der Waals surface area contributed by atoms with Gasteiger partial charge in [0, 0.05) is 38.3 Å². The normalized spacial score (nSPS) is 20.6. The molecule has 126 valence electrons. The van der Waals surface area contributed by atoms with Gasteiger partial charge in [0.25, 0.3) is 0 Å². The topological polar surface area (TPSA) is 24.5 Å². The summed E-state index contributed by atoms with van der Waals surface area (Å²) in [6, 6.07) is 0.695. The molecule has 0 aliphatic heterocycles. The average molecular weight is 299 g/mol. The third-order valence-electron chi connectivity index (χ3n) is 4.95. The van der Waals surface area contributed by atoms with Gasteiger partial charge in [-0.3, -0.25) is 4.90 Å². The summed E-state index contributed by atoms with van der Waals surface area (Å²) >= 11 is 0. The lowest BCUT2D eigenvalue weighted by atomic mass is 9.85. The van der Waals surface area contributed by atoms with E-state index in [-0.39, 0.29) is 5.54 Å². The summed E-state index contributed by atoms with van der Waals surface area (Å²) in [5.74, 6) is 0.915. The largest absolute Gasteiger partial charge is 0.383 e. The van der Waals surface area contributed by atoms with E-state index in [0.717, 1.165) is 32.2 Å². The van der Waals surface area contributed by atoms with Crippen molar-refractivity contribution < 1.29 is 4.74 Å². The summed E-state index contributed by atoms with van der Waals surface area (Å²) in [6.45, 7) is 18.0. The van der Waals surface area contributed by atoms with Gasteiger partial charge >= 0.3 is 0 Å². The lowest BCUT2D eigenvalue weighted by Gasteiger charge is -2.40. The summed E-state index contributed by atoms with van der Waals surface area (Å²) in [5, 5.41) is 3.70. The maximum Gasteiger partial charge on any atom is 0.0589 e. The first-order valence-corrected chi connectivity index (χ1v) is 8.69. The highest BCUT2D eigenvalue weighted by Crippen LogP contribution is 2.36. The molecule has 0 amide bonds.